The van der Waals surface area contributed by atoms with Crippen molar-refractivity contribution in [3.63, 3.8) is 0 Å². The number of hydrogen-bond donors (Lipinski definition) is 2. The topological polar surface area (TPSA) is 97.9 Å². The van der Waals surface area contributed by atoms with E-state index in [0.29, 0.717) is 17.4 Å². The zero-order valence-corrected chi connectivity index (χ0v) is 13.6. The molecule has 2 aromatic heterocycles. The highest BCUT2D eigenvalue weighted by atomic mass is 16.5. The fraction of sp³-hybridized carbons (Fsp3) is 0.250. The molecular formula is C16H18N6O2. The number of nitrogens with one attached hydrogen (secondary N) is 2. The summed E-state index contributed by atoms with van der Waals surface area (Å²) in [5, 5.41) is 13.6. The van der Waals surface area contributed by atoms with E-state index in [4.69, 9.17) is 4.52 Å². The van der Waals surface area contributed by atoms with E-state index in [1.807, 2.05) is 33.0 Å². The first kappa shape index (κ1) is 15.7. The monoisotopic (exact) mass is 326 g/mol. The molecule has 0 saturated carbocycles. The van der Waals surface area contributed by atoms with E-state index >= 15 is 0 Å². The zero-order chi connectivity index (χ0) is 17.1. The van der Waals surface area contributed by atoms with E-state index in [9.17, 15) is 4.79 Å². The lowest BCUT2D eigenvalue weighted by atomic mass is 10.2. The van der Waals surface area contributed by atoms with Gasteiger partial charge in [0.25, 0.3) is 5.89 Å². The molecule has 3 aromatic rings. The first-order chi connectivity index (χ1) is 11.5. The molecule has 0 aliphatic rings. The minimum atomic E-state index is -0.240. The van der Waals surface area contributed by atoms with Crippen LogP contribution in [0, 0.1) is 0 Å². The summed E-state index contributed by atoms with van der Waals surface area (Å²) in [6.45, 7) is 3.80. The molecule has 8 heteroatoms. The van der Waals surface area contributed by atoms with Crippen LogP contribution in [0.15, 0.2) is 41.1 Å². The molecule has 2 amide bonds. The van der Waals surface area contributed by atoms with E-state index in [1.54, 1.807) is 29.1 Å². The summed E-state index contributed by atoms with van der Waals surface area (Å²) in [5.41, 5.74) is 2.23. The van der Waals surface area contributed by atoms with Gasteiger partial charge < -0.3 is 15.2 Å². The number of carbonyl (C=O) groups is 1. The van der Waals surface area contributed by atoms with Crippen molar-refractivity contribution in [2.24, 2.45) is 7.05 Å². The van der Waals surface area contributed by atoms with Crippen molar-refractivity contribution in [3.05, 3.63) is 36.5 Å². The van der Waals surface area contributed by atoms with Crippen LogP contribution in [-0.4, -0.2) is 32.0 Å². The summed E-state index contributed by atoms with van der Waals surface area (Å²) in [5.74, 6) is 0.882. The van der Waals surface area contributed by atoms with Crippen molar-refractivity contribution < 1.29 is 9.32 Å². The summed E-state index contributed by atoms with van der Waals surface area (Å²) < 4.78 is 6.95. The molecule has 0 atom stereocenters. The lowest BCUT2D eigenvalue weighted by Crippen LogP contribution is -2.34. The van der Waals surface area contributed by atoms with Gasteiger partial charge in [0.2, 0.25) is 5.82 Å². The predicted octanol–water partition coefficient (Wildman–Crippen LogP) is 2.67. The van der Waals surface area contributed by atoms with E-state index in [2.05, 4.69) is 25.9 Å². The molecule has 1 aromatic carbocycles. The van der Waals surface area contributed by atoms with Crippen LogP contribution in [-0.2, 0) is 7.05 Å². The van der Waals surface area contributed by atoms with Gasteiger partial charge in [0.05, 0.1) is 0 Å². The number of carbonyl (C=O) groups excluding carboxylic acids is 1. The Balaban J connectivity index is 1.73. The van der Waals surface area contributed by atoms with Gasteiger partial charge in [0, 0.05) is 30.5 Å². The van der Waals surface area contributed by atoms with Gasteiger partial charge in [-0.3, -0.25) is 4.68 Å². The van der Waals surface area contributed by atoms with Crippen molar-refractivity contribution in [1.82, 2.24) is 25.2 Å². The van der Waals surface area contributed by atoms with Gasteiger partial charge >= 0.3 is 6.03 Å². The van der Waals surface area contributed by atoms with Gasteiger partial charge in [-0.2, -0.15) is 10.1 Å². The lowest BCUT2D eigenvalue weighted by molar-refractivity contribution is 0.250. The van der Waals surface area contributed by atoms with Crippen LogP contribution in [0.1, 0.15) is 13.8 Å². The standard InChI is InChI=1S/C16H18N6O2/c1-10(2)18-16(23)19-12-6-4-11(5-7-12)14-20-15(24-21-14)13-8-9-17-22(13)3/h4-10H,1-3H3,(H2,18,19,23). The molecule has 0 bridgehead atoms. The van der Waals surface area contributed by atoms with Crippen LogP contribution >= 0.6 is 0 Å². The Morgan fingerprint density at radius 2 is 1.96 bits per heavy atom. The molecular weight excluding hydrogens is 308 g/mol. The molecule has 8 nitrogen and oxygen atoms in total. The number of nitrogens with zero attached hydrogens (tertiary/aromatic N) is 4. The molecule has 2 N–H and O–H groups in total. The molecule has 0 saturated heterocycles. The van der Waals surface area contributed by atoms with Crippen LogP contribution in [0.5, 0.6) is 0 Å². The molecule has 0 aliphatic heterocycles. The van der Waals surface area contributed by atoms with E-state index in [1.165, 1.54) is 0 Å². The average molecular weight is 326 g/mol. The minimum absolute atomic E-state index is 0.0778. The van der Waals surface area contributed by atoms with Crippen molar-refractivity contribution in [3.8, 4) is 23.0 Å². The fourth-order valence-electron chi connectivity index (χ4n) is 2.16. The number of hydrogen-bond acceptors (Lipinski definition) is 5. The first-order valence-corrected chi connectivity index (χ1v) is 7.53. The number of benzene rings is 1. The largest absolute Gasteiger partial charge is 0.336 e. The zero-order valence-electron chi connectivity index (χ0n) is 13.6. The molecule has 0 spiro atoms. The molecule has 0 radical (unpaired) electrons. The van der Waals surface area contributed by atoms with Gasteiger partial charge in [0.1, 0.15) is 5.69 Å². The maximum Gasteiger partial charge on any atom is 0.319 e. The van der Waals surface area contributed by atoms with Crippen molar-refractivity contribution in [1.29, 1.82) is 0 Å². The fourth-order valence-corrected chi connectivity index (χ4v) is 2.16. The molecule has 124 valence electrons. The lowest BCUT2D eigenvalue weighted by Gasteiger charge is -2.10. The SMILES string of the molecule is CC(C)NC(=O)Nc1ccc(-c2noc(-c3ccnn3C)n2)cc1. The number of rotatable bonds is 4. The Morgan fingerprint density at radius 3 is 2.58 bits per heavy atom. The summed E-state index contributed by atoms with van der Waals surface area (Å²) >= 11 is 0. The second kappa shape index (κ2) is 6.53. The number of urea groups is 1. The Morgan fingerprint density at radius 1 is 1.21 bits per heavy atom. The normalized spacial score (nSPS) is 10.8. The second-order valence-corrected chi connectivity index (χ2v) is 5.59. The van der Waals surface area contributed by atoms with Gasteiger partial charge in [-0.15, -0.1) is 0 Å². The van der Waals surface area contributed by atoms with Gasteiger partial charge in [-0.25, -0.2) is 4.79 Å². The van der Waals surface area contributed by atoms with Crippen molar-refractivity contribution >= 4 is 11.7 Å². The Hall–Kier alpha value is -3.16. The molecule has 0 unspecified atom stereocenters. The summed E-state index contributed by atoms with van der Waals surface area (Å²) in [7, 11) is 1.81. The third-order valence-electron chi connectivity index (χ3n) is 3.29. The van der Waals surface area contributed by atoms with Crippen molar-refractivity contribution in [2.75, 3.05) is 5.32 Å². The quantitative estimate of drug-likeness (QED) is 0.768. The Bertz CT molecular complexity index is 834. The molecule has 2 heterocycles. The Kier molecular flexibility index (Phi) is 4.28. The Labute approximate surface area is 138 Å². The van der Waals surface area contributed by atoms with Gasteiger partial charge in [-0.05, 0) is 44.2 Å². The molecule has 3 rings (SSSR count). The number of aromatic nitrogens is 4. The third-order valence-corrected chi connectivity index (χ3v) is 3.29. The third kappa shape index (κ3) is 3.43. The minimum Gasteiger partial charge on any atom is -0.336 e. The highest BCUT2D eigenvalue weighted by Gasteiger charge is 2.13. The van der Waals surface area contributed by atoms with Gasteiger partial charge in [0.15, 0.2) is 0 Å². The van der Waals surface area contributed by atoms with Crippen LogP contribution in [0.3, 0.4) is 0 Å². The highest BCUT2D eigenvalue weighted by Crippen LogP contribution is 2.22. The first-order valence-electron chi connectivity index (χ1n) is 7.53. The number of amides is 2. The van der Waals surface area contributed by atoms with Crippen LogP contribution in [0.4, 0.5) is 10.5 Å². The highest BCUT2D eigenvalue weighted by molar-refractivity contribution is 5.89. The van der Waals surface area contributed by atoms with E-state index in [-0.39, 0.29) is 12.1 Å². The molecule has 0 aliphatic carbocycles. The van der Waals surface area contributed by atoms with Crippen LogP contribution in [0.25, 0.3) is 23.0 Å². The van der Waals surface area contributed by atoms with Crippen LogP contribution < -0.4 is 10.6 Å². The molecule has 24 heavy (non-hydrogen) atoms. The van der Waals surface area contributed by atoms with Gasteiger partial charge in [-0.1, -0.05) is 5.16 Å². The van der Waals surface area contributed by atoms with E-state index in [0.717, 1.165) is 11.3 Å². The molecule has 0 fully saturated rings. The van der Waals surface area contributed by atoms with Crippen LogP contribution in [0.2, 0.25) is 0 Å². The second-order valence-electron chi connectivity index (χ2n) is 5.59. The summed E-state index contributed by atoms with van der Waals surface area (Å²) in [4.78, 5) is 16.0. The average Bonchev–Trinajstić information content (AvgIpc) is 3.15. The number of anilines is 1. The maximum atomic E-state index is 11.7. The predicted molar refractivity (Wildman–Crippen MR) is 89.2 cm³/mol. The number of aryl methyl sites for hydroxylation is 1. The smallest absolute Gasteiger partial charge is 0.319 e. The summed E-state index contributed by atoms with van der Waals surface area (Å²) in [6.07, 6.45) is 1.67. The summed E-state index contributed by atoms with van der Waals surface area (Å²) in [6, 6.07) is 8.86. The maximum absolute atomic E-state index is 11.7. The van der Waals surface area contributed by atoms with E-state index < -0.39 is 0 Å². The van der Waals surface area contributed by atoms with Crippen molar-refractivity contribution in [2.45, 2.75) is 19.9 Å².